The van der Waals surface area contributed by atoms with Gasteiger partial charge in [-0.3, -0.25) is 4.79 Å². The van der Waals surface area contributed by atoms with Gasteiger partial charge in [0.1, 0.15) is 6.33 Å². The molecule has 17 heavy (non-hydrogen) atoms. The molecule has 0 aliphatic carbocycles. The van der Waals surface area contributed by atoms with Crippen LogP contribution in [-0.2, 0) is 17.1 Å². The van der Waals surface area contributed by atoms with Crippen LogP contribution in [0, 0.1) is 0 Å². The molecule has 0 spiro atoms. The van der Waals surface area contributed by atoms with Crippen molar-refractivity contribution in [3.8, 4) is 0 Å². The Morgan fingerprint density at radius 3 is 2.82 bits per heavy atom. The number of hydrogen-bond acceptors (Lipinski definition) is 5. The van der Waals surface area contributed by atoms with Crippen LogP contribution in [0.3, 0.4) is 0 Å². The fourth-order valence-corrected chi connectivity index (χ4v) is 2.27. The molecule has 0 radical (unpaired) electrons. The van der Waals surface area contributed by atoms with Crippen molar-refractivity contribution >= 4 is 16.0 Å². The second-order valence-electron chi connectivity index (χ2n) is 3.19. The molecule has 0 unspecified atom stereocenters. The molecule has 2 N–H and O–H groups in total. The number of aryl methyl sites for hydroxylation is 1. The molecule has 2 rings (SSSR count). The predicted molar refractivity (Wildman–Crippen MR) is 58.9 cm³/mol. The maximum absolute atomic E-state index is 11.9. The third-order valence-electron chi connectivity index (χ3n) is 2.01. The van der Waals surface area contributed by atoms with E-state index in [2.05, 4.69) is 19.8 Å². The average molecular weight is 255 g/mol. The second-order valence-corrected chi connectivity index (χ2v) is 4.84. The lowest BCUT2D eigenvalue weighted by Crippen LogP contribution is -2.22. The van der Waals surface area contributed by atoms with Gasteiger partial charge in [-0.25, -0.2) is 17.8 Å². The van der Waals surface area contributed by atoms with E-state index in [1.165, 1.54) is 24.3 Å². The molecule has 0 saturated carbocycles. The molecule has 2 heterocycles. The third kappa shape index (κ3) is 2.18. The maximum Gasteiger partial charge on any atom is 0.269 e. The van der Waals surface area contributed by atoms with Crippen molar-refractivity contribution in [2.24, 2.45) is 7.05 Å². The zero-order valence-corrected chi connectivity index (χ0v) is 9.60. The van der Waals surface area contributed by atoms with Gasteiger partial charge in [-0.1, -0.05) is 0 Å². The Balaban J connectivity index is 2.43. The van der Waals surface area contributed by atoms with Gasteiger partial charge in [0, 0.05) is 25.5 Å². The quantitative estimate of drug-likeness (QED) is 0.754. The predicted octanol–water partition coefficient (Wildman–Crippen LogP) is -0.696. The van der Waals surface area contributed by atoms with E-state index >= 15 is 0 Å². The largest absolute Gasteiger partial charge is 0.366 e. The van der Waals surface area contributed by atoms with E-state index in [-0.39, 0.29) is 10.8 Å². The number of aromatic nitrogens is 4. The van der Waals surface area contributed by atoms with Crippen molar-refractivity contribution < 1.29 is 8.42 Å². The Hall–Kier alpha value is -2.16. The monoisotopic (exact) mass is 255 g/mol. The van der Waals surface area contributed by atoms with Gasteiger partial charge < -0.3 is 4.98 Å². The fraction of sp³-hybridized carbons (Fsp3) is 0.125. The standard InChI is InChI=1S/C8H9N5O3S/c1-13-8(10-5-11-13)12-17(15,16)7-4-9-3-2-6(7)14/h2-5H,1H3,(H,9,14)(H,10,11,12). The summed E-state index contributed by atoms with van der Waals surface area (Å²) in [6, 6.07) is 1.13. The number of nitrogens with one attached hydrogen (secondary N) is 2. The Bertz CT molecular complexity index is 687. The summed E-state index contributed by atoms with van der Waals surface area (Å²) < 4.78 is 27.1. The van der Waals surface area contributed by atoms with E-state index < -0.39 is 15.5 Å². The minimum absolute atomic E-state index is 0.0354. The molecule has 0 saturated heterocycles. The van der Waals surface area contributed by atoms with Gasteiger partial charge in [0.05, 0.1) is 0 Å². The fourth-order valence-electron chi connectivity index (χ4n) is 1.17. The third-order valence-corrected chi connectivity index (χ3v) is 3.36. The lowest BCUT2D eigenvalue weighted by atomic mass is 10.5. The van der Waals surface area contributed by atoms with E-state index in [1.54, 1.807) is 0 Å². The van der Waals surface area contributed by atoms with Crippen LogP contribution < -0.4 is 10.2 Å². The van der Waals surface area contributed by atoms with E-state index in [0.29, 0.717) is 0 Å². The topological polar surface area (TPSA) is 110 Å². The molecule has 0 amide bonds. The summed E-state index contributed by atoms with van der Waals surface area (Å²) in [7, 11) is -2.43. The minimum atomic E-state index is -3.95. The number of rotatable bonds is 3. The van der Waals surface area contributed by atoms with Gasteiger partial charge in [0.2, 0.25) is 11.4 Å². The smallest absolute Gasteiger partial charge is 0.269 e. The first-order valence-electron chi connectivity index (χ1n) is 4.54. The minimum Gasteiger partial charge on any atom is -0.366 e. The maximum atomic E-state index is 11.9. The second kappa shape index (κ2) is 4.01. The lowest BCUT2D eigenvalue weighted by molar-refractivity contribution is 0.599. The van der Waals surface area contributed by atoms with Crippen molar-refractivity contribution in [2.75, 3.05) is 4.72 Å². The zero-order valence-electron chi connectivity index (χ0n) is 8.78. The van der Waals surface area contributed by atoms with Gasteiger partial charge in [-0.2, -0.15) is 10.1 Å². The molecule has 0 atom stereocenters. The number of H-pyrrole nitrogens is 1. The highest BCUT2D eigenvalue weighted by molar-refractivity contribution is 7.92. The van der Waals surface area contributed by atoms with Crippen molar-refractivity contribution in [3.63, 3.8) is 0 Å². The Morgan fingerprint density at radius 2 is 2.24 bits per heavy atom. The highest BCUT2D eigenvalue weighted by Gasteiger charge is 2.19. The summed E-state index contributed by atoms with van der Waals surface area (Å²) in [6.07, 6.45) is 3.66. The Morgan fingerprint density at radius 1 is 1.47 bits per heavy atom. The van der Waals surface area contributed by atoms with Gasteiger partial charge in [-0.05, 0) is 0 Å². The van der Waals surface area contributed by atoms with Crippen molar-refractivity contribution in [2.45, 2.75) is 4.90 Å². The number of hydrogen-bond donors (Lipinski definition) is 2. The first-order valence-corrected chi connectivity index (χ1v) is 6.03. The average Bonchev–Trinajstić information content (AvgIpc) is 2.64. The van der Waals surface area contributed by atoms with Crippen LogP contribution in [0.15, 0.2) is 34.5 Å². The summed E-state index contributed by atoms with van der Waals surface area (Å²) in [5.41, 5.74) is -0.599. The van der Waals surface area contributed by atoms with Crippen molar-refractivity contribution in [1.29, 1.82) is 0 Å². The number of nitrogens with zero attached hydrogens (tertiary/aromatic N) is 3. The van der Waals surface area contributed by atoms with Crippen molar-refractivity contribution in [1.82, 2.24) is 19.7 Å². The SMILES string of the molecule is Cn1ncnc1NS(=O)(=O)c1c[nH]ccc1=O. The number of aromatic amines is 1. The normalized spacial score (nSPS) is 11.4. The lowest BCUT2D eigenvalue weighted by Gasteiger charge is -2.05. The van der Waals surface area contributed by atoms with Crippen LogP contribution in [0.1, 0.15) is 0 Å². The van der Waals surface area contributed by atoms with Gasteiger partial charge in [0.15, 0.2) is 4.90 Å². The van der Waals surface area contributed by atoms with Crippen LogP contribution in [-0.4, -0.2) is 28.2 Å². The molecule has 9 heteroatoms. The Kier molecular flexibility index (Phi) is 2.68. The van der Waals surface area contributed by atoms with Crippen LogP contribution in [0.5, 0.6) is 0 Å². The highest BCUT2D eigenvalue weighted by Crippen LogP contribution is 2.08. The zero-order chi connectivity index (χ0) is 12.5. The molecule has 90 valence electrons. The van der Waals surface area contributed by atoms with Crippen LogP contribution >= 0.6 is 0 Å². The van der Waals surface area contributed by atoms with E-state index in [4.69, 9.17) is 0 Å². The molecule has 0 fully saturated rings. The highest BCUT2D eigenvalue weighted by atomic mass is 32.2. The molecule has 0 aliphatic heterocycles. The number of anilines is 1. The van der Waals surface area contributed by atoms with Crippen LogP contribution in [0.2, 0.25) is 0 Å². The van der Waals surface area contributed by atoms with E-state index in [0.717, 1.165) is 12.3 Å². The van der Waals surface area contributed by atoms with Crippen LogP contribution in [0.25, 0.3) is 0 Å². The summed E-state index contributed by atoms with van der Waals surface area (Å²) in [5, 5.41) is 3.71. The summed E-state index contributed by atoms with van der Waals surface area (Å²) >= 11 is 0. The summed E-state index contributed by atoms with van der Waals surface area (Å²) in [6.45, 7) is 0. The first-order chi connectivity index (χ1) is 8.00. The first kappa shape index (κ1) is 11.3. The van der Waals surface area contributed by atoms with Crippen molar-refractivity contribution in [3.05, 3.63) is 35.0 Å². The molecular formula is C8H9N5O3S. The molecule has 2 aromatic rings. The molecule has 2 aromatic heterocycles. The molecular weight excluding hydrogens is 246 g/mol. The van der Waals surface area contributed by atoms with Gasteiger partial charge >= 0.3 is 0 Å². The number of sulfonamides is 1. The van der Waals surface area contributed by atoms with Gasteiger partial charge in [-0.15, -0.1) is 0 Å². The van der Waals surface area contributed by atoms with E-state index in [1.807, 2.05) is 0 Å². The summed E-state index contributed by atoms with van der Waals surface area (Å²) in [5.74, 6) is 0.0354. The van der Waals surface area contributed by atoms with E-state index in [9.17, 15) is 13.2 Å². The summed E-state index contributed by atoms with van der Waals surface area (Å²) in [4.78, 5) is 17.3. The number of pyridine rings is 1. The molecule has 0 bridgehead atoms. The molecule has 0 aliphatic rings. The van der Waals surface area contributed by atoms with Crippen LogP contribution in [0.4, 0.5) is 5.95 Å². The van der Waals surface area contributed by atoms with Gasteiger partial charge in [0.25, 0.3) is 10.0 Å². The molecule has 0 aromatic carbocycles. The molecule has 8 nitrogen and oxygen atoms in total. The Labute approximate surface area is 96.4 Å².